The Hall–Kier alpha value is -0.480. The molecule has 0 aliphatic carbocycles. The summed E-state index contributed by atoms with van der Waals surface area (Å²) in [4.78, 5) is 16.1. The Labute approximate surface area is 124 Å². The largest absolute Gasteiger partial charge is 0.325 e. The first-order valence-electron chi connectivity index (χ1n) is 7.23. The van der Waals surface area contributed by atoms with E-state index in [0.717, 1.165) is 31.6 Å². The van der Waals surface area contributed by atoms with E-state index in [2.05, 4.69) is 36.3 Å². The van der Waals surface area contributed by atoms with Gasteiger partial charge in [-0.05, 0) is 24.3 Å². The van der Waals surface area contributed by atoms with Gasteiger partial charge in [0.1, 0.15) is 5.37 Å². The Morgan fingerprint density at radius 3 is 3.00 bits per heavy atom. The molecule has 0 aromatic carbocycles. The number of thioether (sulfide) groups is 1. The van der Waals surface area contributed by atoms with Gasteiger partial charge in [0.15, 0.2) is 0 Å². The van der Waals surface area contributed by atoms with Crippen LogP contribution >= 0.6 is 23.1 Å². The van der Waals surface area contributed by atoms with Crippen molar-refractivity contribution in [3.05, 3.63) is 22.4 Å². The molecule has 1 saturated heterocycles. The van der Waals surface area contributed by atoms with Gasteiger partial charge in [-0.3, -0.25) is 4.79 Å². The summed E-state index contributed by atoms with van der Waals surface area (Å²) < 4.78 is 0. The van der Waals surface area contributed by atoms with Crippen LogP contribution in [-0.2, 0) is 4.79 Å². The van der Waals surface area contributed by atoms with Crippen LogP contribution in [0.1, 0.15) is 49.8 Å². The molecule has 1 amide bonds. The summed E-state index contributed by atoms with van der Waals surface area (Å²) in [5.74, 6) is 1.67. The lowest BCUT2D eigenvalue weighted by Crippen LogP contribution is -2.35. The van der Waals surface area contributed by atoms with Crippen LogP contribution in [0.3, 0.4) is 0 Å². The van der Waals surface area contributed by atoms with Gasteiger partial charge >= 0.3 is 0 Å². The van der Waals surface area contributed by atoms with Crippen LogP contribution in [0.15, 0.2) is 17.5 Å². The van der Waals surface area contributed by atoms with Crippen LogP contribution in [-0.4, -0.2) is 23.1 Å². The highest BCUT2D eigenvalue weighted by atomic mass is 32.2. The van der Waals surface area contributed by atoms with Crippen molar-refractivity contribution in [2.45, 2.75) is 44.9 Å². The minimum Gasteiger partial charge on any atom is -0.325 e. The van der Waals surface area contributed by atoms with Gasteiger partial charge in [-0.1, -0.05) is 32.8 Å². The third-order valence-electron chi connectivity index (χ3n) is 3.71. The Bertz CT molecular complexity index is 391. The summed E-state index contributed by atoms with van der Waals surface area (Å²) in [6.45, 7) is 5.24. The number of amides is 1. The van der Waals surface area contributed by atoms with Crippen molar-refractivity contribution in [3.8, 4) is 0 Å². The first-order valence-corrected chi connectivity index (χ1v) is 9.16. The molecule has 19 heavy (non-hydrogen) atoms. The number of hydrogen-bond acceptors (Lipinski definition) is 3. The highest BCUT2D eigenvalue weighted by Gasteiger charge is 2.33. The van der Waals surface area contributed by atoms with Crippen LogP contribution < -0.4 is 0 Å². The average Bonchev–Trinajstić information content (AvgIpc) is 3.09. The van der Waals surface area contributed by atoms with Crippen molar-refractivity contribution in [3.63, 3.8) is 0 Å². The zero-order valence-electron chi connectivity index (χ0n) is 11.8. The van der Waals surface area contributed by atoms with Gasteiger partial charge in [0.25, 0.3) is 0 Å². The highest BCUT2D eigenvalue weighted by Crippen LogP contribution is 2.41. The molecular weight excluding hydrogens is 274 g/mol. The molecule has 106 valence electrons. The number of thiophene rings is 1. The second-order valence-electron chi connectivity index (χ2n) is 5.02. The molecule has 0 radical (unpaired) electrons. The van der Waals surface area contributed by atoms with E-state index >= 15 is 0 Å². The topological polar surface area (TPSA) is 20.3 Å². The Morgan fingerprint density at radius 2 is 2.37 bits per heavy atom. The third kappa shape index (κ3) is 3.54. The maximum Gasteiger partial charge on any atom is 0.226 e. The van der Waals surface area contributed by atoms with E-state index in [1.165, 1.54) is 11.3 Å². The van der Waals surface area contributed by atoms with Gasteiger partial charge < -0.3 is 4.90 Å². The first-order chi connectivity index (χ1) is 9.27. The van der Waals surface area contributed by atoms with Crippen molar-refractivity contribution >= 4 is 29.0 Å². The molecule has 1 fully saturated rings. The molecule has 2 nitrogen and oxygen atoms in total. The standard InChI is InChI=1S/C15H23NOS2/c1-3-5-7-12(4-2)14(17)16-9-11-19-15(16)13-8-6-10-18-13/h6,8,10,12,15H,3-5,7,9,11H2,1-2H3/t12-,15+/m1/s1. The minimum absolute atomic E-state index is 0.223. The molecule has 4 heteroatoms. The van der Waals surface area contributed by atoms with Crippen molar-refractivity contribution < 1.29 is 4.79 Å². The maximum absolute atomic E-state index is 12.7. The number of carbonyl (C=O) groups is 1. The van der Waals surface area contributed by atoms with Crippen LogP contribution in [0.25, 0.3) is 0 Å². The Morgan fingerprint density at radius 1 is 1.53 bits per heavy atom. The van der Waals surface area contributed by atoms with E-state index in [1.807, 2.05) is 11.8 Å². The summed E-state index contributed by atoms with van der Waals surface area (Å²) in [6, 6.07) is 4.23. The van der Waals surface area contributed by atoms with Crippen molar-refractivity contribution in [2.75, 3.05) is 12.3 Å². The SMILES string of the molecule is CCCC[C@@H](CC)C(=O)N1CCS[C@H]1c1cccs1. The molecule has 1 aliphatic rings. The zero-order valence-corrected chi connectivity index (χ0v) is 13.4. The van der Waals surface area contributed by atoms with Gasteiger partial charge in [-0.15, -0.1) is 23.1 Å². The van der Waals surface area contributed by atoms with Gasteiger partial charge in [0.05, 0.1) is 0 Å². The lowest BCUT2D eigenvalue weighted by molar-refractivity contribution is -0.136. The van der Waals surface area contributed by atoms with Crippen molar-refractivity contribution in [2.24, 2.45) is 5.92 Å². The summed E-state index contributed by atoms with van der Waals surface area (Å²) in [5.41, 5.74) is 0. The molecule has 1 aromatic heterocycles. The fraction of sp³-hybridized carbons (Fsp3) is 0.667. The molecule has 1 aromatic rings. The van der Waals surface area contributed by atoms with E-state index in [1.54, 1.807) is 11.3 Å². The molecule has 0 spiro atoms. The second-order valence-corrected chi connectivity index (χ2v) is 7.18. The first kappa shape index (κ1) is 14.9. The lowest BCUT2D eigenvalue weighted by atomic mass is 9.97. The zero-order chi connectivity index (χ0) is 13.7. The summed E-state index contributed by atoms with van der Waals surface area (Å²) in [6.07, 6.45) is 4.35. The molecular formula is C15H23NOS2. The fourth-order valence-corrected chi connectivity index (χ4v) is 4.79. The third-order valence-corrected chi connectivity index (χ3v) is 6.03. The van der Waals surface area contributed by atoms with E-state index < -0.39 is 0 Å². The van der Waals surface area contributed by atoms with E-state index in [4.69, 9.17) is 0 Å². The monoisotopic (exact) mass is 297 g/mol. The highest BCUT2D eigenvalue weighted by molar-refractivity contribution is 7.99. The van der Waals surface area contributed by atoms with Crippen molar-refractivity contribution in [1.29, 1.82) is 0 Å². The molecule has 0 saturated carbocycles. The quantitative estimate of drug-likeness (QED) is 0.768. The van der Waals surface area contributed by atoms with Crippen LogP contribution in [0.2, 0.25) is 0 Å². The van der Waals surface area contributed by atoms with Crippen molar-refractivity contribution in [1.82, 2.24) is 4.90 Å². The lowest BCUT2D eigenvalue weighted by Gasteiger charge is -2.27. The van der Waals surface area contributed by atoms with Gasteiger partial charge in [0, 0.05) is 23.1 Å². The molecule has 2 atom stereocenters. The second kappa shape index (κ2) is 7.34. The molecule has 1 aliphatic heterocycles. The van der Waals surface area contributed by atoms with E-state index in [0.29, 0.717) is 5.91 Å². The molecule has 2 heterocycles. The molecule has 0 bridgehead atoms. The van der Waals surface area contributed by atoms with E-state index in [-0.39, 0.29) is 11.3 Å². The Balaban J connectivity index is 2.04. The van der Waals surface area contributed by atoms with Gasteiger partial charge in [0.2, 0.25) is 5.91 Å². The average molecular weight is 297 g/mol. The van der Waals surface area contributed by atoms with Gasteiger partial charge in [-0.25, -0.2) is 0 Å². The minimum atomic E-state index is 0.223. The number of hydrogen-bond donors (Lipinski definition) is 0. The Kier molecular flexibility index (Phi) is 5.76. The van der Waals surface area contributed by atoms with E-state index in [9.17, 15) is 4.79 Å². The summed E-state index contributed by atoms with van der Waals surface area (Å²) in [5, 5.41) is 2.37. The fourth-order valence-electron chi connectivity index (χ4n) is 2.55. The predicted octanol–water partition coefficient (Wildman–Crippen LogP) is 4.54. The van der Waals surface area contributed by atoms with Crippen LogP contribution in [0, 0.1) is 5.92 Å². The normalized spacial score (nSPS) is 20.7. The molecule has 0 unspecified atom stereocenters. The predicted molar refractivity (Wildman–Crippen MR) is 84.5 cm³/mol. The summed E-state index contributed by atoms with van der Waals surface area (Å²) >= 11 is 3.67. The number of unbranched alkanes of at least 4 members (excludes halogenated alkanes) is 1. The van der Waals surface area contributed by atoms with Crippen LogP contribution in [0.5, 0.6) is 0 Å². The molecule has 2 rings (SSSR count). The number of nitrogens with zero attached hydrogens (tertiary/aromatic N) is 1. The number of rotatable bonds is 6. The van der Waals surface area contributed by atoms with Gasteiger partial charge in [-0.2, -0.15) is 0 Å². The molecule has 0 N–H and O–H groups in total. The summed E-state index contributed by atoms with van der Waals surface area (Å²) in [7, 11) is 0. The smallest absolute Gasteiger partial charge is 0.226 e. The maximum atomic E-state index is 12.7. The van der Waals surface area contributed by atoms with Crippen LogP contribution in [0.4, 0.5) is 0 Å². The number of carbonyl (C=O) groups excluding carboxylic acids is 1.